The summed E-state index contributed by atoms with van der Waals surface area (Å²) in [5, 5.41) is 10.2. The van der Waals surface area contributed by atoms with Crippen molar-refractivity contribution in [3.63, 3.8) is 0 Å². The highest BCUT2D eigenvalue weighted by molar-refractivity contribution is 5.72. The highest BCUT2D eigenvalue weighted by Crippen LogP contribution is 2.17. The molecule has 0 fully saturated rings. The Morgan fingerprint density at radius 3 is 1.58 bits per heavy atom. The Bertz CT molecular complexity index is 610. The van der Waals surface area contributed by atoms with Gasteiger partial charge in [-0.25, -0.2) is 0 Å². The number of aryl methyl sites for hydroxylation is 1. The largest absolute Gasteiger partial charge is 0.427 e. The summed E-state index contributed by atoms with van der Waals surface area (Å²) in [5.74, 6) is 0.363. The van der Waals surface area contributed by atoms with Crippen LogP contribution in [-0.4, -0.2) is 17.2 Å². The lowest BCUT2D eigenvalue weighted by atomic mass is 10.0. The fourth-order valence-corrected chi connectivity index (χ4v) is 4.84. The van der Waals surface area contributed by atoms with E-state index in [1.165, 1.54) is 121 Å². The van der Waals surface area contributed by atoms with Crippen LogP contribution in [0.2, 0.25) is 0 Å². The van der Waals surface area contributed by atoms with Crippen molar-refractivity contribution in [2.75, 3.05) is 0 Å². The second-order valence-electron chi connectivity index (χ2n) is 10.9. The second kappa shape index (κ2) is 24.0. The van der Waals surface area contributed by atoms with Crippen molar-refractivity contribution in [3.05, 3.63) is 29.8 Å². The average molecular weight is 503 g/mol. The Morgan fingerprint density at radius 1 is 0.639 bits per heavy atom. The minimum atomic E-state index is -0.398. The highest BCUT2D eigenvalue weighted by atomic mass is 16.5. The van der Waals surface area contributed by atoms with Gasteiger partial charge < -0.3 is 9.84 Å². The van der Waals surface area contributed by atoms with Crippen LogP contribution in [0.5, 0.6) is 5.75 Å². The molecule has 0 aliphatic heterocycles. The third-order valence-electron chi connectivity index (χ3n) is 7.30. The number of ether oxygens (including phenoxy) is 1. The normalized spacial score (nSPS) is 12.1. The summed E-state index contributed by atoms with van der Waals surface area (Å²) in [6, 6.07) is 7.94. The van der Waals surface area contributed by atoms with Gasteiger partial charge in [-0.15, -0.1) is 0 Å². The maximum absolute atomic E-state index is 12.2. The predicted octanol–water partition coefficient (Wildman–Crippen LogP) is 10.1. The highest BCUT2D eigenvalue weighted by Gasteiger charge is 2.10. The molecule has 0 saturated heterocycles. The van der Waals surface area contributed by atoms with Gasteiger partial charge in [0.1, 0.15) is 5.75 Å². The number of rotatable bonds is 25. The number of aliphatic hydroxyl groups is 1. The minimum absolute atomic E-state index is 0.247. The SMILES string of the molecule is CCCCCCCCCCCCCCC(O)CCC(=O)Oc1ccc(CCCCCCCCC)cc1. The van der Waals surface area contributed by atoms with Gasteiger partial charge >= 0.3 is 5.97 Å². The molecule has 0 aliphatic rings. The molecular formula is C33H58O3. The third kappa shape index (κ3) is 19.8. The molecule has 1 N–H and O–H groups in total. The van der Waals surface area contributed by atoms with Gasteiger partial charge in [-0.3, -0.25) is 4.79 Å². The molecule has 0 heterocycles. The van der Waals surface area contributed by atoms with E-state index < -0.39 is 6.10 Å². The minimum Gasteiger partial charge on any atom is -0.427 e. The van der Waals surface area contributed by atoms with Crippen LogP contribution in [0.15, 0.2) is 24.3 Å². The zero-order valence-electron chi connectivity index (χ0n) is 23.9. The topological polar surface area (TPSA) is 46.5 Å². The first-order valence-electron chi connectivity index (χ1n) is 15.6. The van der Waals surface area contributed by atoms with Gasteiger partial charge in [-0.05, 0) is 43.4 Å². The zero-order chi connectivity index (χ0) is 26.1. The molecule has 1 rings (SSSR count). The molecule has 1 atom stereocenters. The number of carbonyl (C=O) groups excluding carboxylic acids is 1. The van der Waals surface area contributed by atoms with E-state index in [4.69, 9.17) is 4.74 Å². The summed E-state index contributed by atoms with van der Waals surface area (Å²) in [5.41, 5.74) is 1.31. The second-order valence-corrected chi connectivity index (χ2v) is 10.9. The Hall–Kier alpha value is -1.35. The molecule has 0 spiro atoms. The van der Waals surface area contributed by atoms with Crippen molar-refractivity contribution in [1.29, 1.82) is 0 Å². The molecule has 3 nitrogen and oxygen atoms in total. The van der Waals surface area contributed by atoms with Crippen molar-refractivity contribution in [2.24, 2.45) is 0 Å². The van der Waals surface area contributed by atoms with Crippen LogP contribution in [0.3, 0.4) is 0 Å². The summed E-state index contributed by atoms with van der Waals surface area (Å²) >= 11 is 0. The van der Waals surface area contributed by atoms with E-state index >= 15 is 0 Å². The van der Waals surface area contributed by atoms with Crippen molar-refractivity contribution in [3.8, 4) is 5.75 Å². The monoisotopic (exact) mass is 502 g/mol. The van der Waals surface area contributed by atoms with Crippen molar-refractivity contribution in [1.82, 2.24) is 0 Å². The lowest BCUT2D eigenvalue weighted by Crippen LogP contribution is -2.13. The molecule has 1 unspecified atom stereocenters. The fourth-order valence-electron chi connectivity index (χ4n) is 4.84. The van der Waals surface area contributed by atoms with E-state index in [0.717, 1.165) is 19.3 Å². The summed E-state index contributed by atoms with van der Waals surface area (Å²) < 4.78 is 5.47. The standard InChI is InChI=1S/C33H58O3/c1-3-5-7-9-11-12-13-14-15-17-19-21-23-31(34)26-29-33(35)36-32-27-24-30(25-28-32)22-20-18-16-10-8-6-4-2/h24-25,27-28,31,34H,3-23,26,29H2,1-2H3. The van der Waals surface area contributed by atoms with Crippen LogP contribution in [-0.2, 0) is 11.2 Å². The predicted molar refractivity (Wildman–Crippen MR) is 155 cm³/mol. The third-order valence-corrected chi connectivity index (χ3v) is 7.30. The van der Waals surface area contributed by atoms with Gasteiger partial charge in [0, 0.05) is 6.42 Å². The van der Waals surface area contributed by atoms with Crippen molar-refractivity contribution >= 4 is 5.97 Å². The molecule has 0 amide bonds. The van der Waals surface area contributed by atoms with Gasteiger partial charge in [-0.1, -0.05) is 142 Å². The maximum atomic E-state index is 12.2. The maximum Gasteiger partial charge on any atom is 0.311 e. The van der Waals surface area contributed by atoms with E-state index in [1.807, 2.05) is 12.1 Å². The average Bonchev–Trinajstić information content (AvgIpc) is 2.88. The van der Waals surface area contributed by atoms with Crippen LogP contribution in [0, 0.1) is 0 Å². The van der Waals surface area contributed by atoms with Gasteiger partial charge in [0.2, 0.25) is 0 Å². The van der Waals surface area contributed by atoms with Crippen molar-refractivity contribution < 1.29 is 14.6 Å². The number of hydrogen-bond donors (Lipinski definition) is 1. The van der Waals surface area contributed by atoms with E-state index in [2.05, 4.69) is 26.0 Å². The van der Waals surface area contributed by atoms with Crippen LogP contribution in [0.4, 0.5) is 0 Å². The molecule has 1 aromatic carbocycles. The van der Waals surface area contributed by atoms with E-state index in [-0.39, 0.29) is 12.4 Å². The molecule has 1 aromatic rings. The molecule has 0 saturated carbocycles. The molecule has 3 heteroatoms. The van der Waals surface area contributed by atoms with Crippen LogP contribution < -0.4 is 4.74 Å². The molecule has 36 heavy (non-hydrogen) atoms. The van der Waals surface area contributed by atoms with E-state index in [9.17, 15) is 9.90 Å². The zero-order valence-corrected chi connectivity index (χ0v) is 23.9. The van der Waals surface area contributed by atoms with Crippen molar-refractivity contribution in [2.45, 2.75) is 168 Å². The summed E-state index contributed by atoms with van der Waals surface area (Å²) in [4.78, 5) is 12.2. The van der Waals surface area contributed by atoms with Gasteiger partial charge in [-0.2, -0.15) is 0 Å². The van der Waals surface area contributed by atoms with E-state index in [0.29, 0.717) is 12.2 Å². The Labute approximate surface area is 223 Å². The molecule has 0 aliphatic carbocycles. The first kappa shape index (κ1) is 32.7. The number of benzene rings is 1. The lowest BCUT2D eigenvalue weighted by molar-refractivity contribution is -0.135. The number of esters is 1. The molecule has 0 radical (unpaired) electrons. The molecular weight excluding hydrogens is 444 g/mol. The number of aliphatic hydroxyl groups excluding tert-OH is 1. The van der Waals surface area contributed by atoms with Crippen LogP contribution in [0.1, 0.15) is 161 Å². The van der Waals surface area contributed by atoms with Gasteiger partial charge in [0.15, 0.2) is 0 Å². The Morgan fingerprint density at radius 2 is 1.08 bits per heavy atom. The van der Waals surface area contributed by atoms with Gasteiger partial charge in [0.05, 0.1) is 6.10 Å². The van der Waals surface area contributed by atoms with Gasteiger partial charge in [0.25, 0.3) is 0 Å². The first-order chi connectivity index (χ1) is 17.7. The van der Waals surface area contributed by atoms with Crippen LogP contribution >= 0.6 is 0 Å². The first-order valence-corrected chi connectivity index (χ1v) is 15.6. The number of unbranched alkanes of at least 4 members (excludes halogenated alkanes) is 17. The number of hydrogen-bond acceptors (Lipinski definition) is 3. The van der Waals surface area contributed by atoms with Crippen LogP contribution in [0.25, 0.3) is 0 Å². The summed E-state index contributed by atoms with van der Waals surface area (Å²) in [6.07, 6.45) is 27.3. The fraction of sp³-hybridized carbons (Fsp3) is 0.788. The lowest BCUT2D eigenvalue weighted by Gasteiger charge is -2.10. The molecule has 0 aromatic heterocycles. The Kier molecular flexibility index (Phi) is 21.8. The summed E-state index contributed by atoms with van der Waals surface area (Å²) in [6.45, 7) is 4.52. The molecule has 0 bridgehead atoms. The quantitative estimate of drug-likeness (QED) is 0.0821. The molecule has 208 valence electrons. The Balaban J connectivity index is 1.99. The number of carbonyl (C=O) groups is 1. The summed E-state index contributed by atoms with van der Waals surface area (Å²) in [7, 11) is 0. The smallest absolute Gasteiger partial charge is 0.311 e. The van der Waals surface area contributed by atoms with E-state index in [1.54, 1.807) is 0 Å².